The molecule has 5 nitrogen and oxygen atoms in total. The lowest BCUT2D eigenvalue weighted by Crippen LogP contribution is -2.25. The molecule has 0 saturated carbocycles. The molecule has 6 heteroatoms. The zero-order chi connectivity index (χ0) is 27.7. The standard InChI is InChI=1S/C32H46O5S/c1-6-23-18-26(36-17-9-16-33)13-14-28(23)29-19-24-11-12-27(20-30(24)38-31(29)35)37-21-25(34)10-8-15-32(5,7-2)22(3)4/h11-14,18-20,22,24-25,30,33-34H,6-10,15-17,21H2,1-5H3. The summed E-state index contributed by atoms with van der Waals surface area (Å²) in [5, 5.41) is 19.5. The van der Waals surface area contributed by atoms with Crippen LogP contribution in [0.2, 0.25) is 0 Å². The van der Waals surface area contributed by atoms with Gasteiger partial charge >= 0.3 is 0 Å². The first-order valence-corrected chi connectivity index (χ1v) is 15.1. The minimum Gasteiger partial charge on any atom is -0.493 e. The molecule has 210 valence electrons. The maximum Gasteiger partial charge on any atom is 0.220 e. The van der Waals surface area contributed by atoms with E-state index in [0.29, 0.717) is 24.4 Å². The van der Waals surface area contributed by atoms with E-state index in [1.54, 1.807) is 0 Å². The summed E-state index contributed by atoms with van der Waals surface area (Å²) in [4.78, 5) is 13.2. The van der Waals surface area contributed by atoms with Gasteiger partial charge in [-0.2, -0.15) is 0 Å². The molecule has 1 heterocycles. The maximum atomic E-state index is 13.2. The van der Waals surface area contributed by atoms with Crippen molar-refractivity contribution in [2.24, 2.45) is 17.3 Å². The Balaban J connectivity index is 1.58. The highest BCUT2D eigenvalue weighted by molar-refractivity contribution is 8.15. The maximum absolute atomic E-state index is 13.2. The van der Waals surface area contributed by atoms with Gasteiger partial charge in [0.15, 0.2) is 0 Å². The number of aliphatic hydroxyl groups is 2. The van der Waals surface area contributed by atoms with Crippen molar-refractivity contribution >= 4 is 22.5 Å². The van der Waals surface area contributed by atoms with Crippen LogP contribution in [0.3, 0.4) is 0 Å². The van der Waals surface area contributed by atoms with Crippen LogP contribution in [0.15, 0.2) is 48.3 Å². The molecule has 4 unspecified atom stereocenters. The van der Waals surface area contributed by atoms with Crippen LogP contribution in [-0.4, -0.2) is 46.5 Å². The number of hydrogen-bond donors (Lipinski definition) is 2. The van der Waals surface area contributed by atoms with Crippen molar-refractivity contribution in [3.63, 3.8) is 0 Å². The topological polar surface area (TPSA) is 76.0 Å². The number of carbonyl (C=O) groups excluding carboxylic acids is 1. The van der Waals surface area contributed by atoms with Gasteiger partial charge in [-0.1, -0.05) is 77.4 Å². The summed E-state index contributed by atoms with van der Waals surface area (Å²) in [5.41, 5.74) is 3.09. The van der Waals surface area contributed by atoms with Crippen molar-refractivity contribution in [2.75, 3.05) is 19.8 Å². The van der Waals surface area contributed by atoms with Crippen molar-refractivity contribution in [1.82, 2.24) is 0 Å². The Labute approximate surface area is 233 Å². The van der Waals surface area contributed by atoms with Crippen molar-refractivity contribution < 1.29 is 24.5 Å². The van der Waals surface area contributed by atoms with Gasteiger partial charge in [0.05, 0.1) is 12.7 Å². The molecule has 2 aliphatic rings. The molecular weight excluding hydrogens is 496 g/mol. The average Bonchev–Trinajstić information content (AvgIpc) is 2.91. The molecule has 0 amide bonds. The van der Waals surface area contributed by atoms with E-state index in [-0.39, 0.29) is 29.5 Å². The van der Waals surface area contributed by atoms with Crippen LogP contribution in [0, 0.1) is 17.3 Å². The Bertz CT molecular complexity index is 1030. The molecule has 0 saturated heterocycles. The summed E-state index contributed by atoms with van der Waals surface area (Å²) < 4.78 is 11.7. The van der Waals surface area contributed by atoms with Gasteiger partial charge in [-0.3, -0.25) is 4.79 Å². The predicted molar refractivity (Wildman–Crippen MR) is 157 cm³/mol. The molecule has 3 rings (SSSR count). The van der Waals surface area contributed by atoms with Crippen LogP contribution in [-0.2, 0) is 16.0 Å². The van der Waals surface area contributed by atoms with Gasteiger partial charge in [0.25, 0.3) is 0 Å². The van der Waals surface area contributed by atoms with E-state index in [0.717, 1.165) is 60.3 Å². The molecule has 1 aliphatic carbocycles. The molecule has 2 N–H and O–H groups in total. The third-order valence-electron chi connectivity index (χ3n) is 8.26. The van der Waals surface area contributed by atoms with Gasteiger partial charge in [0.1, 0.15) is 18.1 Å². The van der Waals surface area contributed by atoms with E-state index < -0.39 is 6.10 Å². The summed E-state index contributed by atoms with van der Waals surface area (Å²) in [7, 11) is 0. The predicted octanol–water partition coefficient (Wildman–Crippen LogP) is 6.73. The second-order valence-electron chi connectivity index (χ2n) is 11.1. The summed E-state index contributed by atoms with van der Waals surface area (Å²) in [5.74, 6) is 2.22. The van der Waals surface area contributed by atoms with Gasteiger partial charge in [0, 0.05) is 29.8 Å². The smallest absolute Gasteiger partial charge is 0.220 e. The van der Waals surface area contributed by atoms with Crippen molar-refractivity contribution in [3.05, 3.63) is 59.4 Å². The van der Waals surface area contributed by atoms with Gasteiger partial charge in [-0.15, -0.1) is 0 Å². The second-order valence-corrected chi connectivity index (χ2v) is 12.2. The van der Waals surface area contributed by atoms with Crippen LogP contribution in [0.4, 0.5) is 0 Å². The zero-order valence-corrected chi connectivity index (χ0v) is 24.6. The molecule has 0 bridgehead atoms. The van der Waals surface area contributed by atoms with E-state index >= 15 is 0 Å². The Morgan fingerprint density at radius 2 is 1.92 bits per heavy atom. The lowest BCUT2D eigenvalue weighted by atomic mass is 9.73. The largest absolute Gasteiger partial charge is 0.493 e. The molecule has 4 atom stereocenters. The second kappa shape index (κ2) is 14.4. The first-order valence-electron chi connectivity index (χ1n) is 14.2. The fraction of sp³-hybridized carbons (Fsp3) is 0.594. The Morgan fingerprint density at radius 1 is 1.13 bits per heavy atom. The van der Waals surface area contributed by atoms with Crippen LogP contribution in [0.5, 0.6) is 5.75 Å². The third kappa shape index (κ3) is 8.00. The molecule has 1 aromatic carbocycles. The number of ether oxygens (including phenoxy) is 2. The average molecular weight is 543 g/mol. The van der Waals surface area contributed by atoms with E-state index in [9.17, 15) is 9.90 Å². The van der Waals surface area contributed by atoms with Crippen LogP contribution in [0.1, 0.15) is 77.8 Å². The normalized spacial score (nSPS) is 21.4. The van der Waals surface area contributed by atoms with Crippen molar-refractivity contribution in [3.8, 4) is 5.75 Å². The van der Waals surface area contributed by atoms with E-state index in [1.807, 2.05) is 30.4 Å². The Kier molecular flexibility index (Phi) is 11.6. The lowest BCUT2D eigenvalue weighted by molar-refractivity contribution is -0.106. The molecule has 0 spiro atoms. The number of rotatable bonds is 15. The number of thioether (sulfide) groups is 1. The fourth-order valence-corrected chi connectivity index (χ4v) is 6.09. The van der Waals surface area contributed by atoms with Crippen LogP contribution in [0.25, 0.3) is 5.57 Å². The first-order chi connectivity index (χ1) is 18.2. The summed E-state index contributed by atoms with van der Waals surface area (Å²) in [6.07, 6.45) is 13.0. The third-order valence-corrected chi connectivity index (χ3v) is 9.42. The monoisotopic (exact) mass is 542 g/mol. The number of fused-ring (bicyclic) bond motifs is 1. The molecule has 0 fully saturated rings. The Hall–Kier alpha value is -2.02. The van der Waals surface area contributed by atoms with E-state index in [1.165, 1.54) is 11.8 Å². The molecule has 0 radical (unpaired) electrons. The molecule has 1 aliphatic heterocycles. The fourth-order valence-electron chi connectivity index (χ4n) is 5.01. The van der Waals surface area contributed by atoms with E-state index in [4.69, 9.17) is 14.6 Å². The van der Waals surface area contributed by atoms with Gasteiger partial charge in [0.2, 0.25) is 5.12 Å². The SMILES string of the molecule is CCc1cc(OCCCO)ccc1C1=CC2C=CC(OCC(O)CCCC(C)(CC)C(C)C)=CC2SC1=O. The number of benzene rings is 1. The van der Waals surface area contributed by atoms with Crippen molar-refractivity contribution in [2.45, 2.75) is 84.5 Å². The number of aliphatic hydroxyl groups excluding tert-OH is 2. The quantitative estimate of drug-likeness (QED) is 0.240. The molecule has 1 aromatic rings. The number of carbonyl (C=O) groups is 1. The number of hydrogen-bond acceptors (Lipinski definition) is 6. The van der Waals surface area contributed by atoms with Gasteiger partial charge in [-0.05, 0) is 66.0 Å². The molecule has 38 heavy (non-hydrogen) atoms. The Morgan fingerprint density at radius 3 is 2.61 bits per heavy atom. The lowest BCUT2D eigenvalue weighted by Gasteiger charge is -2.33. The minimum absolute atomic E-state index is 0.00846. The first kappa shape index (κ1) is 30.5. The highest BCUT2D eigenvalue weighted by Crippen LogP contribution is 2.41. The van der Waals surface area contributed by atoms with Crippen LogP contribution >= 0.6 is 11.8 Å². The molecular formula is C32H46O5S. The zero-order valence-electron chi connectivity index (χ0n) is 23.7. The van der Waals surface area contributed by atoms with E-state index in [2.05, 4.69) is 46.8 Å². The number of allylic oxidation sites excluding steroid dienone is 3. The minimum atomic E-state index is -0.495. The summed E-state index contributed by atoms with van der Waals surface area (Å²) in [6.45, 7) is 12.1. The summed E-state index contributed by atoms with van der Waals surface area (Å²) in [6, 6.07) is 5.87. The molecule has 0 aromatic heterocycles. The number of aryl methyl sites for hydroxylation is 1. The highest BCUT2D eigenvalue weighted by Gasteiger charge is 2.32. The van der Waals surface area contributed by atoms with Gasteiger partial charge < -0.3 is 19.7 Å². The highest BCUT2D eigenvalue weighted by atomic mass is 32.2. The summed E-state index contributed by atoms with van der Waals surface area (Å²) >= 11 is 1.34. The van der Waals surface area contributed by atoms with Crippen LogP contribution < -0.4 is 4.74 Å². The van der Waals surface area contributed by atoms with Gasteiger partial charge in [-0.25, -0.2) is 0 Å². The van der Waals surface area contributed by atoms with Crippen molar-refractivity contribution in [1.29, 1.82) is 0 Å².